The van der Waals surface area contributed by atoms with Gasteiger partial charge in [-0.1, -0.05) is 12.8 Å². The molecule has 0 bridgehead atoms. The van der Waals surface area contributed by atoms with Gasteiger partial charge in [0.1, 0.15) is 6.54 Å². The molecule has 21 heavy (non-hydrogen) atoms. The fourth-order valence-electron chi connectivity index (χ4n) is 4.02. The van der Waals surface area contributed by atoms with Crippen LogP contribution in [0.15, 0.2) is 0 Å². The Kier molecular flexibility index (Phi) is 4.78. The van der Waals surface area contributed by atoms with Crippen LogP contribution in [0.1, 0.15) is 44.9 Å². The van der Waals surface area contributed by atoms with Crippen LogP contribution in [0, 0.1) is 5.92 Å². The van der Waals surface area contributed by atoms with E-state index in [0.717, 1.165) is 51.9 Å². The highest BCUT2D eigenvalue weighted by Crippen LogP contribution is 2.28. The number of nitrogens with zero attached hydrogens (tertiary/aromatic N) is 2. The molecule has 2 amide bonds. The molecule has 3 rings (SSSR count). The van der Waals surface area contributed by atoms with Crippen LogP contribution < -0.4 is 5.32 Å². The van der Waals surface area contributed by atoms with E-state index in [-0.39, 0.29) is 17.9 Å². The lowest BCUT2D eigenvalue weighted by atomic mass is 9.84. The van der Waals surface area contributed by atoms with Gasteiger partial charge in [0.15, 0.2) is 0 Å². The molecule has 3 heterocycles. The average Bonchev–Trinajstić information content (AvgIpc) is 2.79. The van der Waals surface area contributed by atoms with Crippen molar-refractivity contribution in [1.82, 2.24) is 15.1 Å². The van der Waals surface area contributed by atoms with E-state index in [2.05, 4.69) is 5.32 Å². The van der Waals surface area contributed by atoms with Gasteiger partial charge < -0.3 is 15.1 Å². The normalized spacial score (nSPS) is 30.8. The molecule has 3 aliphatic heterocycles. The Morgan fingerprint density at radius 3 is 2.67 bits per heavy atom. The van der Waals surface area contributed by atoms with Crippen LogP contribution >= 0.6 is 0 Å². The maximum atomic E-state index is 12.6. The van der Waals surface area contributed by atoms with E-state index < -0.39 is 0 Å². The van der Waals surface area contributed by atoms with Gasteiger partial charge in [-0.05, 0) is 44.7 Å². The topological polar surface area (TPSA) is 52.7 Å². The summed E-state index contributed by atoms with van der Waals surface area (Å²) in [6, 6.07) is 0.281. The van der Waals surface area contributed by atoms with Gasteiger partial charge in [-0.15, -0.1) is 0 Å². The smallest absolute Gasteiger partial charge is 0.242 e. The predicted octanol–water partition coefficient (Wildman–Crippen LogP) is 0.989. The molecule has 2 atom stereocenters. The van der Waals surface area contributed by atoms with Gasteiger partial charge in [0.25, 0.3) is 0 Å². The van der Waals surface area contributed by atoms with Crippen molar-refractivity contribution in [2.75, 3.05) is 32.7 Å². The maximum absolute atomic E-state index is 12.6. The van der Waals surface area contributed by atoms with Gasteiger partial charge in [-0.2, -0.15) is 0 Å². The second kappa shape index (κ2) is 6.77. The average molecular weight is 293 g/mol. The molecule has 5 nitrogen and oxygen atoms in total. The number of nitrogens with one attached hydrogen (secondary N) is 1. The van der Waals surface area contributed by atoms with Gasteiger partial charge in [0.2, 0.25) is 11.8 Å². The van der Waals surface area contributed by atoms with Crippen LogP contribution in [0.3, 0.4) is 0 Å². The molecule has 2 unspecified atom stereocenters. The number of carbonyl (C=O) groups excluding carboxylic acids is 2. The maximum Gasteiger partial charge on any atom is 0.242 e. The van der Waals surface area contributed by atoms with Gasteiger partial charge in [-0.3, -0.25) is 9.59 Å². The van der Waals surface area contributed by atoms with Gasteiger partial charge in [-0.25, -0.2) is 0 Å². The number of piperidine rings is 2. The number of amides is 2. The summed E-state index contributed by atoms with van der Waals surface area (Å²) in [6.07, 6.45) is 7.24. The Morgan fingerprint density at radius 2 is 1.90 bits per heavy atom. The molecule has 0 aromatic rings. The largest absolute Gasteiger partial charge is 0.341 e. The third-order valence-electron chi connectivity index (χ3n) is 5.28. The predicted molar refractivity (Wildman–Crippen MR) is 80.8 cm³/mol. The van der Waals surface area contributed by atoms with Crippen LogP contribution in [0.4, 0.5) is 0 Å². The Hall–Kier alpha value is -1.10. The molecule has 0 spiro atoms. The van der Waals surface area contributed by atoms with Crippen molar-refractivity contribution in [3.63, 3.8) is 0 Å². The van der Waals surface area contributed by atoms with Crippen LogP contribution in [0.5, 0.6) is 0 Å². The second-order valence-corrected chi connectivity index (χ2v) is 6.68. The number of rotatable bonds is 2. The number of hydrogen-bond donors (Lipinski definition) is 1. The van der Waals surface area contributed by atoms with Crippen molar-refractivity contribution < 1.29 is 9.59 Å². The van der Waals surface area contributed by atoms with Gasteiger partial charge >= 0.3 is 0 Å². The summed E-state index contributed by atoms with van der Waals surface area (Å²) in [5.41, 5.74) is 0. The van der Waals surface area contributed by atoms with Crippen LogP contribution in [0.25, 0.3) is 0 Å². The first-order valence-electron chi connectivity index (χ1n) is 8.53. The van der Waals surface area contributed by atoms with Crippen molar-refractivity contribution in [3.05, 3.63) is 0 Å². The van der Waals surface area contributed by atoms with Crippen molar-refractivity contribution >= 4 is 11.8 Å². The van der Waals surface area contributed by atoms with Crippen molar-refractivity contribution in [3.8, 4) is 0 Å². The van der Waals surface area contributed by atoms with Crippen molar-refractivity contribution in [1.29, 1.82) is 0 Å². The fourth-order valence-corrected chi connectivity index (χ4v) is 4.02. The summed E-state index contributed by atoms with van der Waals surface area (Å²) in [4.78, 5) is 28.7. The highest BCUT2D eigenvalue weighted by Gasteiger charge is 2.38. The summed E-state index contributed by atoms with van der Waals surface area (Å²) >= 11 is 0. The second-order valence-electron chi connectivity index (χ2n) is 6.68. The molecule has 0 aromatic heterocycles. The molecule has 0 saturated carbocycles. The Labute approximate surface area is 127 Å². The van der Waals surface area contributed by atoms with E-state index in [1.807, 2.05) is 9.80 Å². The molecule has 0 radical (unpaired) electrons. The first-order chi connectivity index (χ1) is 10.3. The van der Waals surface area contributed by atoms with E-state index in [1.54, 1.807) is 0 Å². The van der Waals surface area contributed by atoms with E-state index in [1.165, 1.54) is 12.8 Å². The zero-order chi connectivity index (χ0) is 14.7. The van der Waals surface area contributed by atoms with Crippen molar-refractivity contribution in [2.24, 2.45) is 5.92 Å². The third-order valence-corrected chi connectivity index (χ3v) is 5.28. The number of carbonyl (C=O) groups is 2. The molecule has 0 aromatic carbocycles. The Bertz CT molecular complexity index is 391. The molecule has 3 saturated heterocycles. The van der Waals surface area contributed by atoms with Gasteiger partial charge in [0, 0.05) is 25.6 Å². The van der Waals surface area contributed by atoms with E-state index in [0.29, 0.717) is 18.9 Å². The van der Waals surface area contributed by atoms with E-state index in [4.69, 9.17) is 0 Å². The quantitative estimate of drug-likeness (QED) is 0.826. The monoisotopic (exact) mass is 293 g/mol. The lowest BCUT2D eigenvalue weighted by Crippen LogP contribution is -2.57. The number of hydrogen-bond acceptors (Lipinski definition) is 3. The summed E-state index contributed by atoms with van der Waals surface area (Å²) in [7, 11) is 0. The lowest BCUT2D eigenvalue weighted by Gasteiger charge is -2.44. The number of fused-ring (bicyclic) bond motifs is 1. The minimum atomic E-state index is 0.157. The van der Waals surface area contributed by atoms with Crippen LogP contribution in [0.2, 0.25) is 0 Å². The number of likely N-dealkylation sites (tertiary alicyclic amines) is 2. The third kappa shape index (κ3) is 3.39. The first-order valence-corrected chi connectivity index (χ1v) is 8.53. The molecular weight excluding hydrogens is 266 g/mol. The highest BCUT2D eigenvalue weighted by atomic mass is 16.2. The van der Waals surface area contributed by atoms with Crippen molar-refractivity contribution in [2.45, 2.75) is 51.0 Å². The Morgan fingerprint density at radius 1 is 1.14 bits per heavy atom. The summed E-state index contributed by atoms with van der Waals surface area (Å²) in [6.45, 7) is 4.00. The molecular formula is C16H27N3O2. The zero-order valence-electron chi connectivity index (χ0n) is 12.9. The molecule has 3 aliphatic rings. The van der Waals surface area contributed by atoms with Crippen LogP contribution in [-0.4, -0.2) is 60.4 Å². The first kappa shape index (κ1) is 14.8. The summed E-state index contributed by atoms with van der Waals surface area (Å²) in [5, 5.41) is 3.41. The fraction of sp³-hybridized carbons (Fsp3) is 0.875. The molecule has 1 N–H and O–H groups in total. The summed E-state index contributed by atoms with van der Waals surface area (Å²) < 4.78 is 0. The SMILES string of the molecule is O=C(CN1C(=O)CCC2CNCCC21)N1CCCCCC1. The van der Waals surface area contributed by atoms with Crippen LogP contribution in [-0.2, 0) is 9.59 Å². The zero-order valence-corrected chi connectivity index (χ0v) is 12.9. The minimum absolute atomic E-state index is 0.157. The minimum Gasteiger partial charge on any atom is -0.341 e. The van der Waals surface area contributed by atoms with E-state index >= 15 is 0 Å². The van der Waals surface area contributed by atoms with Gasteiger partial charge in [0.05, 0.1) is 0 Å². The highest BCUT2D eigenvalue weighted by molar-refractivity contribution is 5.85. The Balaban J connectivity index is 1.63. The molecule has 0 aliphatic carbocycles. The molecule has 3 fully saturated rings. The van der Waals surface area contributed by atoms with E-state index in [9.17, 15) is 9.59 Å². The lowest BCUT2D eigenvalue weighted by molar-refractivity contribution is -0.147. The summed E-state index contributed by atoms with van der Waals surface area (Å²) in [5.74, 6) is 0.874. The molecule has 5 heteroatoms. The standard InChI is InChI=1S/C16H27N3O2/c20-15-6-5-13-11-17-8-7-14(13)19(15)12-16(21)18-9-3-1-2-4-10-18/h13-14,17H,1-12H2. The molecule has 118 valence electrons.